The van der Waals surface area contributed by atoms with Crippen molar-refractivity contribution in [3.8, 4) is 0 Å². The highest BCUT2D eigenvalue weighted by atomic mass is 16.6. The van der Waals surface area contributed by atoms with Gasteiger partial charge in [0.2, 0.25) is 0 Å². The van der Waals surface area contributed by atoms with Crippen molar-refractivity contribution in [3.05, 3.63) is 0 Å². The van der Waals surface area contributed by atoms with Crippen LogP contribution in [-0.2, 0) is 14.3 Å². The van der Waals surface area contributed by atoms with Gasteiger partial charge in [-0.05, 0) is 33.6 Å². The smallest absolute Gasteiger partial charge is 0.408 e. The molecule has 3 N–H and O–H groups in total. The van der Waals surface area contributed by atoms with Crippen molar-refractivity contribution < 1.29 is 29.3 Å². The number of nitrogens with one attached hydrogen (secondary N) is 1. The summed E-state index contributed by atoms with van der Waals surface area (Å²) in [5, 5.41) is 19.5. The van der Waals surface area contributed by atoms with Crippen LogP contribution in [0.3, 0.4) is 0 Å². The molecule has 114 valence electrons. The maximum absolute atomic E-state index is 11.4. The molecule has 0 heterocycles. The predicted molar refractivity (Wildman–Crippen MR) is 71.0 cm³/mol. The number of aliphatic imine (C=N–C) groups is 1. The molecule has 1 amide bonds. The van der Waals surface area contributed by atoms with Crippen LogP contribution < -0.4 is 5.32 Å². The second-order valence-electron chi connectivity index (χ2n) is 5.05. The molecule has 0 saturated heterocycles. The molecule has 0 aliphatic rings. The van der Waals surface area contributed by atoms with E-state index in [0.717, 1.165) is 6.21 Å². The summed E-state index contributed by atoms with van der Waals surface area (Å²) in [5.41, 5.74) is -0.709. The van der Waals surface area contributed by atoms with Crippen LogP contribution in [0, 0.1) is 0 Å². The van der Waals surface area contributed by atoms with E-state index >= 15 is 0 Å². The van der Waals surface area contributed by atoms with Crippen molar-refractivity contribution in [2.75, 3.05) is 6.54 Å². The summed E-state index contributed by atoms with van der Waals surface area (Å²) in [6, 6.07) is -1.09. The van der Waals surface area contributed by atoms with Gasteiger partial charge in [-0.15, -0.1) is 0 Å². The molecule has 0 saturated carbocycles. The van der Waals surface area contributed by atoms with Crippen molar-refractivity contribution in [3.63, 3.8) is 0 Å². The molecule has 1 atom stereocenters. The molecule has 8 heteroatoms. The molecular weight excluding hydrogens is 268 g/mol. The van der Waals surface area contributed by atoms with Gasteiger partial charge in [0.1, 0.15) is 17.9 Å². The number of hydrogen-bond donors (Lipinski definition) is 3. The van der Waals surface area contributed by atoms with Gasteiger partial charge in [-0.2, -0.15) is 0 Å². The van der Waals surface area contributed by atoms with Crippen LogP contribution in [0.1, 0.15) is 33.6 Å². The van der Waals surface area contributed by atoms with Crippen LogP contribution in [0.25, 0.3) is 0 Å². The van der Waals surface area contributed by atoms with Gasteiger partial charge in [0.15, 0.2) is 0 Å². The maximum atomic E-state index is 11.4. The summed E-state index contributed by atoms with van der Waals surface area (Å²) >= 11 is 0. The number of aliphatic carboxylic acids is 2. The third-order valence-electron chi connectivity index (χ3n) is 1.97. The molecule has 0 aromatic rings. The summed E-state index contributed by atoms with van der Waals surface area (Å²) in [4.78, 5) is 36.2. The lowest BCUT2D eigenvalue weighted by Crippen LogP contribution is -2.43. The number of hydrogen-bond acceptors (Lipinski definition) is 5. The summed E-state index contributed by atoms with van der Waals surface area (Å²) < 4.78 is 4.96. The van der Waals surface area contributed by atoms with Gasteiger partial charge in [-0.1, -0.05) is 0 Å². The number of alkyl carbamates (subject to hydrolysis) is 1. The van der Waals surface area contributed by atoms with Crippen LogP contribution in [-0.4, -0.2) is 52.6 Å². The Bertz CT molecular complexity index is 386. The zero-order valence-corrected chi connectivity index (χ0v) is 11.8. The third kappa shape index (κ3) is 9.86. The normalized spacial score (nSPS) is 12.9. The standard InChI is InChI=1S/C12H20N2O6/c1-12(2,3)20-11(19)14-8(10(17)18)5-4-6-13-7-9(15)16/h7-8H,4-6H2,1-3H3,(H,14,19)(H,15,16)(H,17,18)/t8-/m0/s1. The first-order chi connectivity index (χ1) is 9.11. The fourth-order valence-electron chi connectivity index (χ4n) is 1.24. The Balaban J connectivity index is 4.21. The van der Waals surface area contributed by atoms with Crippen LogP contribution in [0.2, 0.25) is 0 Å². The Kier molecular flexibility index (Phi) is 7.27. The van der Waals surface area contributed by atoms with Gasteiger partial charge in [0, 0.05) is 6.54 Å². The lowest BCUT2D eigenvalue weighted by Gasteiger charge is -2.21. The van der Waals surface area contributed by atoms with Crippen LogP contribution in [0.5, 0.6) is 0 Å². The van der Waals surface area contributed by atoms with Gasteiger partial charge >= 0.3 is 18.0 Å². The number of ether oxygens (including phenoxy) is 1. The summed E-state index contributed by atoms with van der Waals surface area (Å²) in [6.45, 7) is 5.18. The zero-order chi connectivity index (χ0) is 15.8. The molecular formula is C12H20N2O6. The minimum absolute atomic E-state index is 0.130. The average molecular weight is 288 g/mol. The van der Waals surface area contributed by atoms with E-state index in [1.807, 2.05) is 0 Å². The van der Waals surface area contributed by atoms with Crippen molar-refractivity contribution in [2.24, 2.45) is 4.99 Å². The first kappa shape index (κ1) is 17.9. The molecule has 0 aliphatic carbocycles. The lowest BCUT2D eigenvalue weighted by atomic mass is 10.1. The predicted octanol–water partition coefficient (Wildman–Crippen LogP) is 0.900. The molecule has 0 spiro atoms. The second-order valence-corrected chi connectivity index (χ2v) is 5.05. The molecule has 0 aromatic heterocycles. The first-order valence-corrected chi connectivity index (χ1v) is 6.07. The third-order valence-corrected chi connectivity index (χ3v) is 1.97. The highest BCUT2D eigenvalue weighted by Gasteiger charge is 2.23. The summed E-state index contributed by atoms with van der Waals surface area (Å²) in [7, 11) is 0. The van der Waals surface area contributed by atoms with Gasteiger partial charge in [-0.3, -0.25) is 4.99 Å². The number of amides is 1. The average Bonchev–Trinajstić information content (AvgIpc) is 2.23. The first-order valence-electron chi connectivity index (χ1n) is 6.07. The number of nitrogens with zero attached hydrogens (tertiary/aromatic N) is 1. The monoisotopic (exact) mass is 288 g/mol. The van der Waals surface area contributed by atoms with Crippen molar-refractivity contribution in [1.29, 1.82) is 0 Å². The van der Waals surface area contributed by atoms with E-state index in [0.29, 0.717) is 6.42 Å². The molecule has 0 bridgehead atoms. The van der Waals surface area contributed by atoms with Crippen molar-refractivity contribution >= 4 is 24.2 Å². The molecule has 0 fully saturated rings. The maximum Gasteiger partial charge on any atom is 0.408 e. The molecule has 0 unspecified atom stereocenters. The fourth-order valence-corrected chi connectivity index (χ4v) is 1.24. The number of carbonyl (C=O) groups is 3. The summed E-state index contributed by atoms with van der Waals surface area (Å²) in [6.07, 6.45) is 0.401. The highest BCUT2D eigenvalue weighted by molar-refractivity contribution is 6.21. The van der Waals surface area contributed by atoms with Gasteiger partial charge < -0.3 is 20.3 Å². The van der Waals surface area contributed by atoms with Crippen molar-refractivity contribution in [1.82, 2.24) is 5.32 Å². The van der Waals surface area contributed by atoms with Gasteiger partial charge in [0.05, 0.1) is 0 Å². The SMILES string of the molecule is CC(C)(C)OC(=O)N[C@@H](CCCN=CC(=O)O)C(=O)O. The van der Waals surface area contributed by atoms with Gasteiger partial charge in [-0.25, -0.2) is 14.4 Å². The van der Waals surface area contributed by atoms with E-state index < -0.39 is 29.7 Å². The highest BCUT2D eigenvalue weighted by Crippen LogP contribution is 2.07. The summed E-state index contributed by atoms with van der Waals surface area (Å²) in [5.74, 6) is -2.34. The fraction of sp³-hybridized carbons (Fsp3) is 0.667. The number of rotatable bonds is 7. The lowest BCUT2D eigenvalue weighted by molar-refractivity contribution is -0.139. The number of carboxylic acid groups (broad SMARTS) is 2. The van der Waals surface area contributed by atoms with Crippen LogP contribution in [0.15, 0.2) is 4.99 Å². The minimum atomic E-state index is -1.18. The largest absolute Gasteiger partial charge is 0.480 e. The second kappa shape index (κ2) is 8.13. The molecule has 0 aromatic carbocycles. The van der Waals surface area contributed by atoms with E-state index in [2.05, 4.69) is 10.3 Å². The van der Waals surface area contributed by atoms with E-state index in [-0.39, 0.29) is 13.0 Å². The Morgan fingerprint density at radius 3 is 2.35 bits per heavy atom. The van der Waals surface area contributed by atoms with E-state index in [1.54, 1.807) is 20.8 Å². The Labute approximate surface area is 116 Å². The van der Waals surface area contributed by atoms with E-state index in [4.69, 9.17) is 14.9 Å². The Morgan fingerprint density at radius 2 is 1.90 bits per heavy atom. The molecule has 0 rings (SSSR count). The minimum Gasteiger partial charge on any atom is -0.480 e. The van der Waals surface area contributed by atoms with Gasteiger partial charge in [0.25, 0.3) is 0 Å². The van der Waals surface area contributed by atoms with E-state index in [9.17, 15) is 14.4 Å². The Hall–Kier alpha value is -2.12. The molecule has 0 radical (unpaired) electrons. The molecule has 0 aliphatic heterocycles. The number of carbonyl (C=O) groups excluding carboxylic acids is 1. The van der Waals surface area contributed by atoms with Crippen molar-refractivity contribution in [2.45, 2.75) is 45.3 Å². The Morgan fingerprint density at radius 1 is 1.30 bits per heavy atom. The number of carboxylic acids is 2. The molecule has 8 nitrogen and oxygen atoms in total. The van der Waals surface area contributed by atoms with Crippen LogP contribution >= 0.6 is 0 Å². The zero-order valence-electron chi connectivity index (χ0n) is 11.8. The topological polar surface area (TPSA) is 125 Å². The van der Waals surface area contributed by atoms with E-state index in [1.165, 1.54) is 0 Å². The van der Waals surface area contributed by atoms with Crippen LogP contribution in [0.4, 0.5) is 4.79 Å². The molecule has 20 heavy (non-hydrogen) atoms. The quantitative estimate of drug-likeness (QED) is 0.472.